The molecule has 1 rings (SSSR count). The lowest BCUT2D eigenvalue weighted by atomic mass is 10.3. The first-order valence-electron chi connectivity index (χ1n) is 4.15. The van der Waals surface area contributed by atoms with Gasteiger partial charge in [0.2, 0.25) is 0 Å². The summed E-state index contributed by atoms with van der Waals surface area (Å²) in [4.78, 5) is 6.03. The summed E-state index contributed by atoms with van der Waals surface area (Å²) in [5.74, 6) is 0. The Kier molecular flexibility index (Phi) is 3.46. The molecule has 0 saturated heterocycles. The number of pyridine rings is 1. The average molecular weight is 178 g/mol. The molecule has 0 radical (unpaired) electrons. The van der Waals surface area contributed by atoms with Crippen molar-refractivity contribution in [2.24, 2.45) is 0 Å². The van der Waals surface area contributed by atoms with Gasteiger partial charge in [0.15, 0.2) is 0 Å². The van der Waals surface area contributed by atoms with Crippen LogP contribution < -0.4 is 4.90 Å². The van der Waals surface area contributed by atoms with Crippen molar-refractivity contribution < 1.29 is 5.11 Å². The summed E-state index contributed by atoms with van der Waals surface area (Å²) in [5.41, 5.74) is 1.73. The minimum Gasteiger partial charge on any atom is -0.390 e. The topological polar surface area (TPSA) is 36.4 Å². The van der Waals surface area contributed by atoms with E-state index >= 15 is 0 Å². The van der Waals surface area contributed by atoms with Crippen LogP contribution in [0, 0.1) is 0 Å². The maximum Gasteiger partial charge on any atom is 0.0853 e. The third-order valence-corrected chi connectivity index (χ3v) is 1.81. The van der Waals surface area contributed by atoms with Gasteiger partial charge >= 0.3 is 0 Å². The molecule has 0 aliphatic rings. The first kappa shape index (κ1) is 9.74. The number of hydrogen-bond donors (Lipinski definition) is 1. The summed E-state index contributed by atoms with van der Waals surface area (Å²) in [6.45, 7) is 4.43. The van der Waals surface area contributed by atoms with Gasteiger partial charge in [-0.25, -0.2) is 0 Å². The van der Waals surface area contributed by atoms with Gasteiger partial charge in [0, 0.05) is 25.5 Å². The van der Waals surface area contributed by atoms with Crippen molar-refractivity contribution in [3.8, 4) is 0 Å². The van der Waals surface area contributed by atoms with Crippen LogP contribution in [0.5, 0.6) is 0 Å². The smallest absolute Gasteiger partial charge is 0.0853 e. The first-order chi connectivity index (χ1) is 6.27. The highest BCUT2D eigenvalue weighted by Crippen LogP contribution is 2.12. The molecule has 1 N–H and O–H groups in total. The summed E-state index contributed by atoms with van der Waals surface area (Å²) in [7, 11) is 1.97. The number of aliphatic hydroxyl groups excluding tert-OH is 1. The van der Waals surface area contributed by atoms with E-state index in [1.165, 1.54) is 0 Å². The average Bonchev–Trinajstić information content (AvgIpc) is 2.18. The predicted octanol–water partition coefficient (Wildman–Crippen LogP) is 1.20. The van der Waals surface area contributed by atoms with Crippen molar-refractivity contribution >= 4 is 5.69 Å². The van der Waals surface area contributed by atoms with E-state index in [0.717, 1.165) is 12.2 Å². The molecular weight excluding hydrogens is 164 g/mol. The van der Waals surface area contributed by atoms with Crippen LogP contribution in [0.1, 0.15) is 5.69 Å². The molecule has 1 aromatic rings. The van der Waals surface area contributed by atoms with Crippen LogP contribution in [0.2, 0.25) is 0 Å². The first-order valence-corrected chi connectivity index (χ1v) is 4.15. The number of hydrogen-bond acceptors (Lipinski definition) is 3. The van der Waals surface area contributed by atoms with Crippen LogP contribution in [0.4, 0.5) is 5.69 Å². The van der Waals surface area contributed by atoms with E-state index in [9.17, 15) is 0 Å². The van der Waals surface area contributed by atoms with Crippen LogP contribution in [-0.4, -0.2) is 23.7 Å². The molecule has 0 aliphatic heterocycles. The largest absolute Gasteiger partial charge is 0.390 e. The van der Waals surface area contributed by atoms with Crippen LogP contribution in [0.15, 0.2) is 31.0 Å². The van der Waals surface area contributed by atoms with Gasteiger partial charge in [0.1, 0.15) is 0 Å². The lowest BCUT2D eigenvalue weighted by Gasteiger charge is -2.17. The fraction of sp³-hybridized carbons (Fsp3) is 0.300. The van der Waals surface area contributed by atoms with Crippen molar-refractivity contribution in [2.45, 2.75) is 6.61 Å². The maximum atomic E-state index is 8.87. The Morgan fingerprint density at radius 1 is 1.69 bits per heavy atom. The van der Waals surface area contributed by atoms with Crippen molar-refractivity contribution in [3.63, 3.8) is 0 Å². The number of rotatable bonds is 4. The molecule has 0 spiro atoms. The lowest BCUT2D eigenvalue weighted by Crippen LogP contribution is -2.16. The van der Waals surface area contributed by atoms with Gasteiger partial charge in [-0.2, -0.15) is 0 Å². The SMILES string of the molecule is C=CCN(C)c1ccnc(CO)c1. The third-order valence-electron chi connectivity index (χ3n) is 1.81. The monoisotopic (exact) mass is 178 g/mol. The standard InChI is InChI=1S/C10H14N2O/c1-3-6-12(2)10-4-5-11-9(7-10)8-13/h3-5,7,13H,1,6,8H2,2H3. The highest BCUT2D eigenvalue weighted by atomic mass is 16.3. The van der Waals surface area contributed by atoms with Gasteiger partial charge in [0.05, 0.1) is 12.3 Å². The second-order valence-electron chi connectivity index (χ2n) is 2.83. The van der Waals surface area contributed by atoms with E-state index in [1.54, 1.807) is 6.20 Å². The van der Waals surface area contributed by atoms with E-state index in [4.69, 9.17) is 5.11 Å². The van der Waals surface area contributed by atoms with Crippen molar-refractivity contribution in [3.05, 3.63) is 36.7 Å². The Labute approximate surface area is 78.3 Å². The molecule has 3 nitrogen and oxygen atoms in total. The minimum atomic E-state index is -0.0181. The lowest BCUT2D eigenvalue weighted by molar-refractivity contribution is 0.277. The number of anilines is 1. The van der Waals surface area contributed by atoms with Gasteiger partial charge in [-0.3, -0.25) is 4.98 Å². The fourth-order valence-electron chi connectivity index (χ4n) is 1.09. The zero-order valence-electron chi connectivity index (χ0n) is 7.77. The molecule has 70 valence electrons. The number of aliphatic hydroxyl groups is 1. The van der Waals surface area contributed by atoms with Gasteiger partial charge < -0.3 is 10.0 Å². The Balaban J connectivity index is 2.81. The molecule has 0 amide bonds. The summed E-state index contributed by atoms with van der Waals surface area (Å²) in [6.07, 6.45) is 3.53. The molecule has 0 unspecified atom stereocenters. The molecule has 13 heavy (non-hydrogen) atoms. The second-order valence-corrected chi connectivity index (χ2v) is 2.83. The quantitative estimate of drug-likeness (QED) is 0.704. The second kappa shape index (κ2) is 4.62. The van der Waals surface area contributed by atoms with Gasteiger partial charge in [-0.05, 0) is 12.1 Å². The zero-order valence-corrected chi connectivity index (χ0v) is 7.77. The zero-order chi connectivity index (χ0) is 9.68. The fourth-order valence-corrected chi connectivity index (χ4v) is 1.09. The predicted molar refractivity (Wildman–Crippen MR) is 53.6 cm³/mol. The van der Waals surface area contributed by atoms with E-state index < -0.39 is 0 Å². The minimum absolute atomic E-state index is 0.0181. The van der Waals surface area contributed by atoms with Gasteiger partial charge in [0.25, 0.3) is 0 Å². The Hall–Kier alpha value is -1.35. The normalized spacial score (nSPS) is 9.69. The highest BCUT2D eigenvalue weighted by Gasteiger charge is 1.99. The van der Waals surface area contributed by atoms with Gasteiger partial charge in [-0.15, -0.1) is 6.58 Å². The molecule has 0 bridgehead atoms. The van der Waals surface area contributed by atoms with Crippen LogP contribution in [0.3, 0.4) is 0 Å². The molecule has 0 saturated carbocycles. The summed E-state index contributed by atoms with van der Waals surface area (Å²) in [6, 6.07) is 3.77. The van der Waals surface area contributed by atoms with E-state index in [-0.39, 0.29) is 6.61 Å². The maximum absolute atomic E-state index is 8.87. The number of aromatic nitrogens is 1. The molecule has 0 fully saturated rings. The van der Waals surface area contributed by atoms with Crippen LogP contribution in [0.25, 0.3) is 0 Å². The Morgan fingerprint density at radius 2 is 2.46 bits per heavy atom. The molecule has 0 aliphatic carbocycles. The van der Waals surface area contributed by atoms with Crippen LogP contribution in [-0.2, 0) is 6.61 Å². The molecule has 1 heterocycles. The van der Waals surface area contributed by atoms with Crippen molar-refractivity contribution in [1.82, 2.24) is 4.98 Å². The molecule has 1 aromatic heterocycles. The molecule has 0 aromatic carbocycles. The van der Waals surface area contributed by atoms with Crippen LogP contribution >= 0.6 is 0 Å². The summed E-state index contributed by atoms with van der Waals surface area (Å²) in [5, 5.41) is 8.87. The van der Waals surface area contributed by atoms with Gasteiger partial charge in [-0.1, -0.05) is 6.08 Å². The summed E-state index contributed by atoms with van der Waals surface area (Å²) >= 11 is 0. The van der Waals surface area contributed by atoms with E-state index in [1.807, 2.05) is 30.2 Å². The number of nitrogens with zero attached hydrogens (tertiary/aromatic N) is 2. The van der Waals surface area contributed by atoms with Crippen molar-refractivity contribution in [1.29, 1.82) is 0 Å². The van der Waals surface area contributed by atoms with Crippen molar-refractivity contribution in [2.75, 3.05) is 18.5 Å². The molecule has 3 heteroatoms. The van der Waals surface area contributed by atoms with E-state index in [2.05, 4.69) is 11.6 Å². The summed E-state index contributed by atoms with van der Waals surface area (Å²) < 4.78 is 0. The molecule has 0 atom stereocenters. The third kappa shape index (κ3) is 2.56. The number of likely N-dealkylation sites (N-methyl/N-ethyl adjacent to an activating group) is 1. The highest BCUT2D eigenvalue weighted by molar-refractivity contribution is 5.46. The van der Waals surface area contributed by atoms with E-state index in [0.29, 0.717) is 5.69 Å². The Bertz CT molecular complexity index is 286. The Morgan fingerprint density at radius 3 is 3.08 bits per heavy atom. The molecular formula is C10H14N2O.